The zero-order valence-electron chi connectivity index (χ0n) is 20.6. The molecule has 6 nitrogen and oxygen atoms in total. The number of rotatable bonds is 7. The molecule has 4 aromatic rings. The highest BCUT2D eigenvalue weighted by molar-refractivity contribution is 9.10. The number of amides is 1. The lowest BCUT2D eigenvalue weighted by Gasteiger charge is -2.18. The zero-order chi connectivity index (χ0) is 26.1. The second-order valence-electron chi connectivity index (χ2n) is 9.27. The fourth-order valence-corrected chi connectivity index (χ4v) is 5.49. The predicted molar refractivity (Wildman–Crippen MR) is 146 cm³/mol. The summed E-state index contributed by atoms with van der Waals surface area (Å²) in [6.45, 7) is 4.06. The first kappa shape index (κ1) is 24.8. The van der Waals surface area contributed by atoms with Crippen molar-refractivity contribution in [3.63, 3.8) is 0 Å². The summed E-state index contributed by atoms with van der Waals surface area (Å²) in [6.07, 6.45) is -0.591. The van der Waals surface area contributed by atoms with Gasteiger partial charge in [0.25, 0.3) is 0 Å². The van der Waals surface area contributed by atoms with Crippen LogP contribution in [0.2, 0.25) is 0 Å². The molecule has 1 atom stereocenters. The lowest BCUT2D eigenvalue weighted by Crippen LogP contribution is -2.43. The molecule has 0 saturated heterocycles. The van der Waals surface area contributed by atoms with E-state index in [1.165, 1.54) is 0 Å². The van der Waals surface area contributed by atoms with Crippen molar-refractivity contribution in [3.8, 4) is 16.8 Å². The van der Waals surface area contributed by atoms with Crippen LogP contribution in [-0.4, -0.2) is 34.4 Å². The summed E-state index contributed by atoms with van der Waals surface area (Å²) in [6, 6.07) is 24.9. The number of alkyl carbamates (subject to hydrolysis) is 1. The maximum Gasteiger partial charge on any atom is 0.407 e. The van der Waals surface area contributed by atoms with Gasteiger partial charge < -0.3 is 19.7 Å². The number of fused-ring (bicyclic) bond motifs is 3. The molecule has 37 heavy (non-hydrogen) atoms. The van der Waals surface area contributed by atoms with Crippen molar-refractivity contribution in [1.82, 2.24) is 9.88 Å². The Morgan fingerprint density at radius 3 is 2.16 bits per heavy atom. The van der Waals surface area contributed by atoms with Crippen molar-refractivity contribution < 1.29 is 19.4 Å². The number of carboxylic acids is 1. The van der Waals surface area contributed by atoms with E-state index in [-0.39, 0.29) is 18.9 Å². The summed E-state index contributed by atoms with van der Waals surface area (Å²) in [5.41, 5.74) is 8.24. The molecular weight excluding hydrogens is 532 g/mol. The number of aliphatic carboxylic acids is 1. The van der Waals surface area contributed by atoms with Gasteiger partial charge in [0.1, 0.15) is 12.6 Å². The molecule has 1 heterocycles. The first-order chi connectivity index (χ1) is 17.8. The second kappa shape index (κ2) is 10.3. The number of ether oxygens (including phenoxy) is 1. The Kier molecular flexibility index (Phi) is 6.89. The summed E-state index contributed by atoms with van der Waals surface area (Å²) in [4.78, 5) is 24.8. The third kappa shape index (κ3) is 4.91. The first-order valence-electron chi connectivity index (χ1n) is 12.1. The highest BCUT2D eigenvalue weighted by Gasteiger charge is 2.30. The van der Waals surface area contributed by atoms with Gasteiger partial charge in [0.2, 0.25) is 0 Å². The van der Waals surface area contributed by atoms with E-state index >= 15 is 0 Å². The van der Waals surface area contributed by atoms with E-state index in [4.69, 9.17) is 4.74 Å². The van der Waals surface area contributed by atoms with E-state index in [9.17, 15) is 14.7 Å². The van der Waals surface area contributed by atoms with Crippen LogP contribution < -0.4 is 5.32 Å². The van der Waals surface area contributed by atoms with Crippen LogP contribution in [0, 0.1) is 13.8 Å². The first-order valence-corrected chi connectivity index (χ1v) is 12.9. The Morgan fingerprint density at radius 2 is 1.57 bits per heavy atom. The topological polar surface area (TPSA) is 80.6 Å². The van der Waals surface area contributed by atoms with Crippen molar-refractivity contribution in [1.29, 1.82) is 0 Å². The number of nitrogens with zero attached hydrogens (tertiary/aromatic N) is 1. The van der Waals surface area contributed by atoms with Gasteiger partial charge in [-0.1, -0.05) is 64.5 Å². The zero-order valence-corrected chi connectivity index (χ0v) is 22.2. The molecular formula is C30H27BrN2O4. The Morgan fingerprint density at radius 1 is 0.973 bits per heavy atom. The molecule has 0 radical (unpaired) electrons. The minimum absolute atomic E-state index is 0.0914. The Hall–Kier alpha value is -3.84. The van der Waals surface area contributed by atoms with Crippen molar-refractivity contribution >= 4 is 28.0 Å². The highest BCUT2D eigenvalue weighted by atomic mass is 79.9. The van der Waals surface area contributed by atoms with Crippen molar-refractivity contribution in [2.24, 2.45) is 0 Å². The minimum atomic E-state index is -1.12. The molecule has 7 heteroatoms. The highest BCUT2D eigenvalue weighted by Crippen LogP contribution is 2.44. The molecule has 3 aromatic carbocycles. The second-order valence-corrected chi connectivity index (χ2v) is 10.2. The van der Waals surface area contributed by atoms with Crippen molar-refractivity contribution in [2.75, 3.05) is 6.61 Å². The number of carbonyl (C=O) groups is 2. The van der Waals surface area contributed by atoms with E-state index in [0.29, 0.717) is 0 Å². The molecule has 1 amide bonds. The normalized spacial score (nSPS) is 13.1. The van der Waals surface area contributed by atoms with Gasteiger partial charge in [-0.05, 0) is 72.0 Å². The van der Waals surface area contributed by atoms with Crippen LogP contribution >= 0.6 is 15.9 Å². The number of halogens is 1. The van der Waals surface area contributed by atoms with Gasteiger partial charge in [-0.25, -0.2) is 9.59 Å². The molecule has 1 aromatic heterocycles. The summed E-state index contributed by atoms with van der Waals surface area (Å²) < 4.78 is 8.64. The van der Waals surface area contributed by atoms with Crippen LogP contribution in [0.4, 0.5) is 4.79 Å². The van der Waals surface area contributed by atoms with Gasteiger partial charge in [-0.2, -0.15) is 0 Å². The molecule has 188 valence electrons. The maximum absolute atomic E-state index is 12.7. The third-order valence-electron chi connectivity index (χ3n) is 6.98. The number of nitrogens with one attached hydrogen (secondary N) is 1. The molecule has 0 aliphatic heterocycles. The van der Waals surface area contributed by atoms with Crippen LogP contribution in [0.1, 0.15) is 34.0 Å². The van der Waals surface area contributed by atoms with Gasteiger partial charge in [-0.3, -0.25) is 0 Å². The third-order valence-corrected chi connectivity index (χ3v) is 7.51. The predicted octanol–water partition coefficient (Wildman–Crippen LogP) is 6.39. The Labute approximate surface area is 224 Å². The van der Waals surface area contributed by atoms with Gasteiger partial charge >= 0.3 is 12.1 Å². The van der Waals surface area contributed by atoms with E-state index in [2.05, 4.69) is 37.9 Å². The average Bonchev–Trinajstić information content (AvgIpc) is 3.36. The molecule has 1 aliphatic rings. The molecule has 1 unspecified atom stereocenters. The standard InChI is InChI=1S/C30H27BrN2O4/c1-18-15-20(19(2)33(18)22-13-11-21(31)12-14-22)16-28(29(34)35)32-30(36)37-17-27-25-9-5-3-7-23(25)24-8-4-6-10-26(24)27/h3-15,27-28H,16-17H2,1-2H3,(H,32,36)(H,34,35). The summed E-state index contributed by atoms with van der Waals surface area (Å²) in [5.74, 6) is -1.20. The number of aryl methyl sites for hydroxylation is 1. The number of carboxylic acid groups (broad SMARTS) is 1. The van der Waals surface area contributed by atoms with E-state index < -0.39 is 18.1 Å². The smallest absolute Gasteiger partial charge is 0.407 e. The molecule has 5 rings (SSSR count). The quantitative estimate of drug-likeness (QED) is 0.275. The SMILES string of the molecule is Cc1cc(CC(NC(=O)OCC2c3ccccc3-c3ccccc32)C(=O)O)c(C)n1-c1ccc(Br)cc1. The van der Waals surface area contributed by atoms with Crippen LogP contribution in [0.3, 0.4) is 0 Å². The van der Waals surface area contributed by atoms with Gasteiger partial charge in [0.15, 0.2) is 0 Å². The monoisotopic (exact) mass is 558 g/mol. The summed E-state index contributed by atoms with van der Waals surface area (Å²) in [5, 5.41) is 12.4. The lowest BCUT2D eigenvalue weighted by molar-refractivity contribution is -0.139. The van der Waals surface area contributed by atoms with Gasteiger partial charge in [0, 0.05) is 33.9 Å². The van der Waals surface area contributed by atoms with Crippen LogP contribution in [-0.2, 0) is 16.0 Å². The van der Waals surface area contributed by atoms with Crippen LogP contribution in [0.5, 0.6) is 0 Å². The lowest BCUT2D eigenvalue weighted by atomic mass is 9.98. The number of hydrogen-bond acceptors (Lipinski definition) is 3. The van der Waals surface area contributed by atoms with Crippen molar-refractivity contribution in [3.05, 3.63) is 111 Å². The largest absolute Gasteiger partial charge is 0.480 e. The molecule has 0 fully saturated rings. The van der Waals surface area contributed by atoms with Gasteiger partial charge in [-0.15, -0.1) is 0 Å². The number of hydrogen-bond donors (Lipinski definition) is 2. The minimum Gasteiger partial charge on any atom is -0.480 e. The fraction of sp³-hybridized carbons (Fsp3) is 0.200. The number of carbonyl (C=O) groups excluding carboxylic acids is 1. The Balaban J connectivity index is 1.28. The number of benzene rings is 3. The summed E-state index contributed by atoms with van der Waals surface area (Å²) >= 11 is 3.46. The fourth-order valence-electron chi connectivity index (χ4n) is 5.23. The molecule has 0 spiro atoms. The maximum atomic E-state index is 12.7. The van der Waals surface area contributed by atoms with Crippen molar-refractivity contribution in [2.45, 2.75) is 32.2 Å². The van der Waals surface area contributed by atoms with E-state index in [1.807, 2.05) is 80.6 Å². The Bertz CT molecular complexity index is 1430. The van der Waals surface area contributed by atoms with Gasteiger partial charge in [0.05, 0.1) is 0 Å². The molecule has 0 bridgehead atoms. The summed E-state index contributed by atoms with van der Waals surface area (Å²) in [7, 11) is 0. The van der Waals surface area contributed by atoms with Crippen LogP contribution in [0.15, 0.2) is 83.3 Å². The van der Waals surface area contributed by atoms with E-state index in [0.717, 1.165) is 49.4 Å². The average molecular weight is 559 g/mol. The molecule has 1 aliphatic carbocycles. The number of aromatic nitrogens is 1. The van der Waals surface area contributed by atoms with E-state index in [1.54, 1.807) is 0 Å². The van der Waals surface area contributed by atoms with Crippen LogP contribution in [0.25, 0.3) is 16.8 Å². The molecule has 2 N–H and O–H groups in total. The molecule has 0 saturated carbocycles.